The first-order valence-electron chi connectivity index (χ1n) is 6.48. The van der Waals surface area contributed by atoms with E-state index in [4.69, 9.17) is 16.3 Å². The number of aromatic nitrogens is 2. The summed E-state index contributed by atoms with van der Waals surface area (Å²) in [6.45, 7) is 0. The fraction of sp³-hybridized carbons (Fsp3) is 0.125. The highest BCUT2D eigenvalue weighted by Crippen LogP contribution is 2.21. The molecule has 2 aromatic carbocycles. The number of para-hydroxylation sites is 1. The normalized spacial score (nSPS) is 10.8. The van der Waals surface area contributed by atoms with Gasteiger partial charge in [-0.15, -0.1) is 0 Å². The number of halogens is 1. The van der Waals surface area contributed by atoms with E-state index in [1.54, 1.807) is 12.1 Å². The highest BCUT2D eigenvalue weighted by Gasteiger charge is 2.14. The van der Waals surface area contributed by atoms with Crippen LogP contribution in [0.25, 0.3) is 11.0 Å². The number of aromatic amines is 1. The quantitative estimate of drug-likeness (QED) is 0.752. The number of fused-ring (bicyclic) bond motifs is 1. The number of H-pyrrole nitrogens is 1. The van der Waals surface area contributed by atoms with Crippen LogP contribution in [0.3, 0.4) is 0 Å². The number of hydrogen-bond donors (Lipinski definition) is 1. The molecule has 0 saturated heterocycles. The summed E-state index contributed by atoms with van der Waals surface area (Å²) in [5.41, 5.74) is 2.86. The Kier molecular flexibility index (Phi) is 3.62. The Morgan fingerprint density at radius 2 is 2.05 bits per heavy atom. The molecule has 0 fully saturated rings. The van der Waals surface area contributed by atoms with Gasteiger partial charge >= 0.3 is 5.97 Å². The lowest BCUT2D eigenvalue weighted by molar-refractivity contribution is 0.0603. The van der Waals surface area contributed by atoms with E-state index in [2.05, 4.69) is 9.97 Å². The molecule has 106 valence electrons. The third-order valence-electron chi connectivity index (χ3n) is 3.28. The smallest absolute Gasteiger partial charge is 0.340 e. The standard InChI is InChI=1S/C16H13ClN2O2/c1-21-16(20)11-6-4-8-13-15(11)19-14(18-13)9-10-5-2-3-7-12(10)17/h2-8H,9H2,1H3,(H,18,19). The van der Waals surface area contributed by atoms with Gasteiger partial charge in [0.05, 0.1) is 18.2 Å². The van der Waals surface area contributed by atoms with E-state index in [1.807, 2.05) is 30.3 Å². The number of carbonyl (C=O) groups is 1. The van der Waals surface area contributed by atoms with Crippen LogP contribution in [0.4, 0.5) is 0 Å². The second-order valence-corrected chi connectivity index (χ2v) is 5.05. The molecule has 1 heterocycles. The lowest BCUT2D eigenvalue weighted by Crippen LogP contribution is -2.01. The van der Waals surface area contributed by atoms with Crippen LogP contribution in [0, 0.1) is 0 Å². The molecule has 5 heteroatoms. The molecule has 0 amide bonds. The third kappa shape index (κ3) is 2.62. The van der Waals surface area contributed by atoms with Crippen LogP contribution in [0.15, 0.2) is 42.5 Å². The van der Waals surface area contributed by atoms with Gasteiger partial charge in [0.15, 0.2) is 0 Å². The number of methoxy groups -OCH3 is 1. The van der Waals surface area contributed by atoms with E-state index in [0.29, 0.717) is 22.5 Å². The lowest BCUT2D eigenvalue weighted by Gasteiger charge is -2.00. The lowest BCUT2D eigenvalue weighted by atomic mass is 10.1. The number of benzene rings is 2. The van der Waals surface area contributed by atoms with Crippen LogP contribution in [0.1, 0.15) is 21.7 Å². The predicted octanol–water partition coefficient (Wildman–Crippen LogP) is 3.59. The fourth-order valence-corrected chi connectivity index (χ4v) is 2.47. The van der Waals surface area contributed by atoms with Crippen molar-refractivity contribution in [1.82, 2.24) is 9.97 Å². The maximum Gasteiger partial charge on any atom is 0.340 e. The van der Waals surface area contributed by atoms with Crippen LogP contribution in [-0.2, 0) is 11.2 Å². The van der Waals surface area contributed by atoms with E-state index in [0.717, 1.165) is 16.9 Å². The van der Waals surface area contributed by atoms with Gasteiger partial charge in [0.2, 0.25) is 0 Å². The average molecular weight is 301 g/mol. The summed E-state index contributed by atoms with van der Waals surface area (Å²) in [4.78, 5) is 19.5. The maximum absolute atomic E-state index is 11.8. The fourth-order valence-electron chi connectivity index (χ4n) is 2.26. The number of rotatable bonds is 3. The van der Waals surface area contributed by atoms with Gasteiger partial charge in [-0.05, 0) is 23.8 Å². The highest BCUT2D eigenvalue weighted by molar-refractivity contribution is 6.31. The molecule has 0 unspecified atom stereocenters. The Bertz CT molecular complexity index is 811. The van der Waals surface area contributed by atoms with Crippen molar-refractivity contribution in [2.75, 3.05) is 7.11 Å². The van der Waals surface area contributed by atoms with E-state index in [1.165, 1.54) is 7.11 Å². The van der Waals surface area contributed by atoms with Crippen molar-refractivity contribution < 1.29 is 9.53 Å². The Hall–Kier alpha value is -2.33. The van der Waals surface area contributed by atoms with Gasteiger partial charge in [0.1, 0.15) is 11.3 Å². The second kappa shape index (κ2) is 5.58. The maximum atomic E-state index is 11.8. The van der Waals surface area contributed by atoms with Crippen molar-refractivity contribution in [1.29, 1.82) is 0 Å². The summed E-state index contributed by atoms with van der Waals surface area (Å²) in [6, 6.07) is 13.0. The van der Waals surface area contributed by atoms with E-state index in [9.17, 15) is 4.79 Å². The summed E-state index contributed by atoms with van der Waals surface area (Å²) in [5, 5.41) is 0.700. The van der Waals surface area contributed by atoms with Crippen molar-refractivity contribution in [2.24, 2.45) is 0 Å². The summed E-state index contributed by atoms with van der Waals surface area (Å²) in [6.07, 6.45) is 0.578. The molecule has 0 aliphatic carbocycles. The molecule has 0 aliphatic rings. The largest absolute Gasteiger partial charge is 0.465 e. The number of nitrogens with one attached hydrogen (secondary N) is 1. The molecule has 21 heavy (non-hydrogen) atoms. The van der Waals surface area contributed by atoms with E-state index in [-0.39, 0.29) is 0 Å². The number of carbonyl (C=O) groups excluding carboxylic acids is 1. The molecule has 0 radical (unpaired) electrons. The van der Waals surface area contributed by atoms with Crippen LogP contribution >= 0.6 is 11.6 Å². The average Bonchev–Trinajstić information content (AvgIpc) is 2.91. The minimum Gasteiger partial charge on any atom is -0.465 e. The molecule has 0 saturated carbocycles. The zero-order valence-electron chi connectivity index (χ0n) is 11.4. The van der Waals surface area contributed by atoms with E-state index >= 15 is 0 Å². The molecule has 4 nitrogen and oxygen atoms in total. The molecule has 0 spiro atoms. The first-order valence-corrected chi connectivity index (χ1v) is 6.86. The molecule has 1 N–H and O–H groups in total. The van der Waals surface area contributed by atoms with Gasteiger partial charge in [-0.25, -0.2) is 9.78 Å². The number of esters is 1. The molecule has 0 aliphatic heterocycles. The van der Waals surface area contributed by atoms with Gasteiger partial charge in [-0.2, -0.15) is 0 Å². The molecule has 0 atom stereocenters. The zero-order valence-corrected chi connectivity index (χ0v) is 12.1. The van der Waals surface area contributed by atoms with E-state index < -0.39 is 5.97 Å². The third-order valence-corrected chi connectivity index (χ3v) is 3.65. The molecule has 3 aromatic rings. The highest BCUT2D eigenvalue weighted by atomic mass is 35.5. The summed E-state index contributed by atoms with van der Waals surface area (Å²) < 4.78 is 4.78. The Labute approximate surface area is 126 Å². The molecule has 0 bridgehead atoms. The number of nitrogens with zero attached hydrogens (tertiary/aromatic N) is 1. The first-order chi connectivity index (χ1) is 10.2. The van der Waals surface area contributed by atoms with Crippen molar-refractivity contribution >= 4 is 28.6 Å². The van der Waals surface area contributed by atoms with Crippen molar-refractivity contribution in [3.05, 3.63) is 64.4 Å². The van der Waals surface area contributed by atoms with Crippen LogP contribution in [-0.4, -0.2) is 23.0 Å². The topological polar surface area (TPSA) is 55.0 Å². The van der Waals surface area contributed by atoms with Crippen LogP contribution in [0.2, 0.25) is 5.02 Å². The van der Waals surface area contributed by atoms with Gasteiger partial charge in [0, 0.05) is 11.4 Å². The Morgan fingerprint density at radius 3 is 2.81 bits per heavy atom. The SMILES string of the molecule is COC(=O)c1cccc2[nH]c(Cc3ccccc3Cl)nc12. The first kappa shape index (κ1) is 13.6. The minimum absolute atomic E-state index is 0.392. The van der Waals surface area contributed by atoms with Crippen molar-refractivity contribution in [2.45, 2.75) is 6.42 Å². The minimum atomic E-state index is -0.392. The predicted molar refractivity (Wildman–Crippen MR) is 81.7 cm³/mol. The number of ether oxygens (including phenoxy) is 1. The summed E-state index contributed by atoms with van der Waals surface area (Å²) >= 11 is 6.16. The van der Waals surface area contributed by atoms with Gasteiger partial charge < -0.3 is 9.72 Å². The van der Waals surface area contributed by atoms with Gasteiger partial charge in [-0.1, -0.05) is 35.9 Å². The Balaban J connectivity index is 2.02. The molecular weight excluding hydrogens is 288 g/mol. The number of imidazole rings is 1. The monoisotopic (exact) mass is 300 g/mol. The van der Waals surface area contributed by atoms with Gasteiger partial charge in [-0.3, -0.25) is 0 Å². The van der Waals surface area contributed by atoms with Crippen LogP contribution < -0.4 is 0 Å². The van der Waals surface area contributed by atoms with Gasteiger partial charge in [0.25, 0.3) is 0 Å². The molecule has 1 aromatic heterocycles. The molecule has 3 rings (SSSR count). The zero-order chi connectivity index (χ0) is 14.8. The van der Waals surface area contributed by atoms with Crippen LogP contribution in [0.5, 0.6) is 0 Å². The Morgan fingerprint density at radius 1 is 1.24 bits per heavy atom. The second-order valence-electron chi connectivity index (χ2n) is 4.65. The van der Waals surface area contributed by atoms with Crippen molar-refractivity contribution in [3.8, 4) is 0 Å². The summed E-state index contributed by atoms with van der Waals surface area (Å²) in [5.74, 6) is 0.367. The number of hydrogen-bond acceptors (Lipinski definition) is 3. The molecular formula is C16H13ClN2O2. The summed E-state index contributed by atoms with van der Waals surface area (Å²) in [7, 11) is 1.36. The van der Waals surface area contributed by atoms with Crippen molar-refractivity contribution in [3.63, 3.8) is 0 Å².